The van der Waals surface area contributed by atoms with Crippen LogP contribution in [0.3, 0.4) is 0 Å². The third kappa shape index (κ3) is 5.43. The molecule has 1 aromatic heterocycles. The lowest BCUT2D eigenvalue weighted by atomic mass is 10.1. The lowest BCUT2D eigenvalue weighted by Gasteiger charge is -2.07. The van der Waals surface area contributed by atoms with Crippen molar-refractivity contribution in [1.29, 1.82) is 0 Å². The van der Waals surface area contributed by atoms with E-state index in [1.54, 1.807) is 30.5 Å². The Labute approximate surface area is 135 Å². The Balaban J connectivity index is 1.88. The van der Waals surface area contributed by atoms with Crippen molar-refractivity contribution >= 4 is 23.7 Å². The minimum Gasteiger partial charge on any atom is -0.360 e. The maximum absolute atomic E-state index is 11.9. The van der Waals surface area contributed by atoms with Gasteiger partial charge in [0.15, 0.2) is 0 Å². The quantitative estimate of drug-likeness (QED) is 0.566. The summed E-state index contributed by atoms with van der Waals surface area (Å²) in [6.07, 6.45) is 3.77. The normalized spacial score (nSPS) is 10.9. The Morgan fingerprint density at radius 2 is 1.96 bits per heavy atom. The molecule has 2 amide bonds. The number of aromatic nitrogens is 1. The fourth-order valence-electron chi connectivity index (χ4n) is 1.94. The highest BCUT2D eigenvalue weighted by Gasteiger charge is 2.07. The average Bonchev–Trinajstić information content (AvgIpc) is 3.00. The van der Waals surface area contributed by atoms with E-state index in [-0.39, 0.29) is 11.8 Å². The van der Waals surface area contributed by atoms with E-state index >= 15 is 0 Å². The minimum absolute atomic E-state index is 0.0345. The molecule has 3 N–H and O–H groups in total. The molecule has 120 valence electrons. The second kappa shape index (κ2) is 7.93. The fourth-order valence-corrected chi connectivity index (χ4v) is 1.94. The maximum atomic E-state index is 11.9. The molecule has 23 heavy (non-hydrogen) atoms. The van der Waals surface area contributed by atoms with Crippen LogP contribution >= 0.6 is 0 Å². The summed E-state index contributed by atoms with van der Waals surface area (Å²) in [4.78, 5) is 26.6. The van der Waals surface area contributed by atoms with Crippen LogP contribution in [-0.2, 0) is 4.79 Å². The molecular formula is C17H20N4O2. The lowest BCUT2D eigenvalue weighted by Crippen LogP contribution is -2.18. The van der Waals surface area contributed by atoms with Crippen molar-refractivity contribution in [2.24, 2.45) is 11.0 Å². The molecule has 0 saturated carbocycles. The number of anilines is 1. The molecule has 0 radical (unpaired) electrons. The van der Waals surface area contributed by atoms with Crippen molar-refractivity contribution in [1.82, 2.24) is 10.4 Å². The number of hydrazone groups is 1. The second-order valence-corrected chi connectivity index (χ2v) is 5.55. The second-order valence-electron chi connectivity index (χ2n) is 5.55. The summed E-state index contributed by atoms with van der Waals surface area (Å²) in [5, 5.41) is 6.66. The first-order valence-electron chi connectivity index (χ1n) is 7.41. The Hall–Kier alpha value is -2.89. The smallest absolute Gasteiger partial charge is 0.271 e. The number of benzene rings is 1. The van der Waals surface area contributed by atoms with Crippen LogP contribution in [0.1, 0.15) is 36.3 Å². The van der Waals surface area contributed by atoms with Gasteiger partial charge in [0.2, 0.25) is 5.91 Å². The predicted molar refractivity (Wildman–Crippen MR) is 90.4 cm³/mol. The topological polar surface area (TPSA) is 86.3 Å². The Morgan fingerprint density at radius 3 is 2.57 bits per heavy atom. The van der Waals surface area contributed by atoms with Gasteiger partial charge in [-0.3, -0.25) is 9.59 Å². The number of rotatable bonds is 6. The SMILES string of the molecule is CC(C)CC(=O)Nc1ccc(C(=O)N/N=C/c2ccc[nH]2)cc1. The molecule has 0 aliphatic carbocycles. The lowest BCUT2D eigenvalue weighted by molar-refractivity contribution is -0.116. The van der Waals surface area contributed by atoms with Gasteiger partial charge in [0, 0.05) is 23.9 Å². The zero-order valence-electron chi connectivity index (χ0n) is 13.2. The molecule has 0 unspecified atom stereocenters. The van der Waals surface area contributed by atoms with Gasteiger partial charge in [0.05, 0.1) is 11.9 Å². The van der Waals surface area contributed by atoms with Crippen LogP contribution in [0.2, 0.25) is 0 Å². The van der Waals surface area contributed by atoms with Crippen molar-refractivity contribution in [2.75, 3.05) is 5.32 Å². The number of carbonyl (C=O) groups is 2. The highest BCUT2D eigenvalue weighted by atomic mass is 16.2. The van der Waals surface area contributed by atoms with E-state index in [1.807, 2.05) is 26.0 Å². The van der Waals surface area contributed by atoms with Crippen LogP contribution in [0, 0.1) is 5.92 Å². The van der Waals surface area contributed by atoms with Crippen molar-refractivity contribution in [3.8, 4) is 0 Å². The molecule has 2 aromatic rings. The van der Waals surface area contributed by atoms with Gasteiger partial charge in [-0.25, -0.2) is 5.43 Å². The third-order valence-electron chi connectivity index (χ3n) is 3.02. The molecule has 2 rings (SSSR count). The van der Waals surface area contributed by atoms with E-state index in [0.717, 1.165) is 5.69 Å². The van der Waals surface area contributed by atoms with Crippen LogP contribution in [-0.4, -0.2) is 23.0 Å². The van der Waals surface area contributed by atoms with Crippen LogP contribution < -0.4 is 10.7 Å². The molecule has 0 bridgehead atoms. The number of H-pyrrole nitrogens is 1. The molecule has 0 atom stereocenters. The molecule has 1 heterocycles. The van der Waals surface area contributed by atoms with Crippen molar-refractivity contribution < 1.29 is 9.59 Å². The summed E-state index contributed by atoms with van der Waals surface area (Å²) in [7, 11) is 0. The standard InChI is InChI=1S/C17H20N4O2/c1-12(2)10-16(22)20-14-7-5-13(6-8-14)17(23)21-19-11-15-4-3-9-18-15/h3-9,11-12,18H,10H2,1-2H3,(H,20,22)(H,21,23)/b19-11+. The van der Waals surface area contributed by atoms with E-state index in [9.17, 15) is 9.59 Å². The van der Waals surface area contributed by atoms with E-state index in [4.69, 9.17) is 0 Å². The first-order chi connectivity index (χ1) is 11.0. The van der Waals surface area contributed by atoms with Gasteiger partial charge >= 0.3 is 0 Å². The van der Waals surface area contributed by atoms with Crippen LogP contribution in [0.25, 0.3) is 0 Å². The largest absolute Gasteiger partial charge is 0.360 e. The number of hydrogen-bond acceptors (Lipinski definition) is 3. The summed E-state index contributed by atoms with van der Waals surface area (Å²) >= 11 is 0. The molecule has 0 saturated heterocycles. The maximum Gasteiger partial charge on any atom is 0.271 e. The molecule has 0 spiro atoms. The summed E-state index contributed by atoms with van der Waals surface area (Å²) in [5.41, 5.74) is 4.38. The fraction of sp³-hybridized carbons (Fsp3) is 0.235. The zero-order valence-corrected chi connectivity index (χ0v) is 13.2. The van der Waals surface area contributed by atoms with E-state index < -0.39 is 0 Å². The summed E-state index contributed by atoms with van der Waals surface area (Å²) < 4.78 is 0. The minimum atomic E-state index is -0.312. The summed E-state index contributed by atoms with van der Waals surface area (Å²) in [6, 6.07) is 10.4. The van der Waals surface area contributed by atoms with Gasteiger partial charge in [-0.05, 0) is 42.3 Å². The Bertz CT molecular complexity index is 673. The summed E-state index contributed by atoms with van der Waals surface area (Å²) in [6.45, 7) is 3.97. The predicted octanol–water partition coefficient (Wildman–Crippen LogP) is 2.76. The average molecular weight is 312 g/mol. The number of nitrogens with zero attached hydrogens (tertiary/aromatic N) is 1. The van der Waals surface area contributed by atoms with Gasteiger partial charge in [-0.1, -0.05) is 13.8 Å². The number of amides is 2. The van der Waals surface area contributed by atoms with Gasteiger partial charge in [-0.2, -0.15) is 5.10 Å². The molecule has 0 fully saturated rings. The van der Waals surface area contributed by atoms with Crippen molar-refractivity contribution in [3.63, 3.8) is 0 Å². The number of carbonyl (C=O) groups excluding carboxylic acids is 2. The first-order valence-corrected chi connectivity index (χ1v) is 7.41. The highest BCUT2D eigenvalue weighted by molar-refractivity contribution is 5.96. The van der Waals surface area contributed by atoms with Gasteiger partial charge < -0.3 is 10.3 Å². The van der Waals surface area contributed by atoms with Crippen molar-refractivity contribution in [3.05, 3.63) is 53.9 Å². The molecule has 0 aliphatic heterocycles. The first kappa shape index (κ1) is 16.5. The van der Waals surface area contributed by atoms with Gasteiger partial charge in [0.1, 0.15) is 0 Å². The number of hydrogen-bond donors (Lipinski definition) is 3. The number of nitrogens with one attached hydrogen (secondary N) is 3. The molecule has 1 aromatic carbocycles. The zero-order chi connectivity index (χ0) is 16.7. The number of aromatic amines is 1. The van der Waals surface area contributed by atoms with E-state index in [2.05, 4.69) is 20.8 Å². The van der Waals surface area contributed by atoms with Crippen LogP contribution in [0.4, 0.5) is 5.69 Å². The molecular weight excluding hydrogens is 292 g/mol. The summed E-state index contributed by atoms with van der Waals surface area (Å²) in [5.74, 6) is -0.0433. The van der Waals surface area contributed by atoms with Crippen LogP contribution in [0.5, 0.6) is 0 Å². The Kier molecular flexibility index (Phi) is 5.68. The van der Waals surface area contributed by atoms with Gasteiger partial charge in [0.25, 0.3) is 5.91 Å². The molecule has 0 aliphatic rings. The molecule has 6 nitrogen and oxygen atoms in total. The highest BCUT2D eigenvalue weighted by Crippen LogP contribution is 2.11. The third-order valence-corrected chi connectivity index (χ3v) is 3.02. The monoisotopic (exact) mass is 312 g/mol. The van der Waals surface area contributed by atoms with Gasteiger partial charge in [-0.15, -0.1) is 0 Å². The van der Waals surface area contributed by atoms with Crippen molar-refractivity contribution in [2.45, 2.75) is 20.3 Å². The Morgan fingerprint density at radius 1 is 1.22 bits per heavy atom. The van der Waals surface area contributed by atoms with E-state index in [0.29, 0.717) is 23.6 Å². The molecule has 6 heteroatoms. The van der Waals surface area contributed by atoms with E-state index in [1.165, 1.54) is 6.21 Å². The van der Waals surface area contributed by atoms with Crippen LogP contribution in [0.15, 0.2) is 47.7 Å².